The zero-order chi connectivity index (χ0) is 6.69. The molecular weight excluding hydrogens is 114 g/mol. The van der Waals surface area contributed by atoms with Gasteiger partial charge in [0.05, 0.1) is 0 Å². The van der Waals surface area contributed by atoms with Crippen molar-refractivity contribution in [2.75, 3.05) is 13.1 Å². The molecule has 0 aromatic rings. The summed E-state index contributed by atoms with van der Waals surface area (Å²) in [5, 5.41) is 10.3. The van der Waals surface area contributed by atoms with E-state index in [1.807, 2.05) is 13.0 Å². The summed E-state index contributed by atoms with van der Waals surface area (Å²) in [5.41, 5.74) is 0. The molecule has 1 N–H and O–H groups in total. The van der Waals surface area contributed by atoms with Crippen LogP contribution in [-0.2, 0) is 0 Å². The van der Waals surface area contributed by atoms with Crippen molar-refractivity contribution in [3.05, 3.63) is 12.2 Å². The second kappa shape index (κ2) is 2.99. The van der Waals surface area contributed by atoms with E-state index in [2.05, 4.69) is 6.08 Å². The number of hydrogen-bond acceptors (Lipinski definition) is 2. The van der Waals surface area contributed by atoms with Gasteiger partial charge in [-0.1, -0.05) is 12.2 Å². The van der Waals surface area contributed by atoms with Crippen molar-refractivity contribution in [1.29, 1.82) is 0 Å². The Labute approximate surface area is 55.7 Å². The van der Waals surface area contributed by atoms with Crippen LogP contribution in [0, 0.1) is 5.92 Å². The molecule has 9 heavy (non-hydrogen) atoms. The van der Waals surface area contributed by atoms with Crippen molar-refractivity contribution in [1.82, 2.24) is 5.06 Å². The van der Waals surface area contributed by atoms with Gasteiger partial charge in [0.25, 0.3) is 0 Å². The third kappa shape index (κ3) is 1.80. The molecule has 0 aromatic carbocycles. The monoisotopic (exact) mass is 127 g/mol. The topological polar surface area (TPSA) is 23.5 Å². The van der Waals surface area contributed by atoms with Crippen LogP contribution in [0.1, 0.15) is 13.3 Å². The molecule has 1 fully saturated rings. The molecule has 52 valence electrons. The number of nitrogens with zero attached hydrogens (tertiary/aromatic N) is 1. The van der Waals surface area contributed by atoms with Crippen molar-refractivity contribution >= 4 is 0 Å². The molecule has 0 spiro atoms. The van der Waals surface area contributed by atoms with Gasteiger partial charge in [0, 0.05) is 13.1 Å². The number of allylic oxidation sites excluding steroid dienone is 1. The van der Waals surface area contributed by atoms with Gasteiger partial charge in [-0.3, -0.25) is 0 Å². The molecule has 2 heteroatoms. The van der Waals surface area contributed by atoms with Crippen LogP contribution < -0.4 is 0 Å². The summed E-state index contributed by atoms with van der Waals surface area (Å²) >= 11 is 0. The van der Waals surface area contributed by atoms with Gasteiger partial charge in [0.2, 0.25) is 0 Å². The second-order valence-electron chi connectivity index (χ2n) is 2.49. The standard InChI is InChI=1S/C7H13NO/c1-2-3-7-4-5-8(9)6-7/h2-3,7,9H,4-6H2,1H3. The van der Waals surface area contributed by atoms with E-state index >= 15 is 0 Å². The first kappa shape index (κ1) is 6.78. The average Bonchev–Trinajstić information content (AvgIpc) is 2.17. The highest BCUT2D eigenvalue weighted by Gasteiger charge is 2.17. The summed E-state index contributed by atoms with van der Waals surface area (Å²) < 4.78 is 0. The highest BCUT2D eigenvalue weighted by atomic mass is 16.5. The van der Waals surface area contributed by atoms with E-state index in [1.165, 1.54) is 5.06 Å². The maximum absolute atomic E-state index is 8.93. The highest BCUT2D eigenvalue weighted by molar-refractivity contribution is 4.89. The quantitative estimate of drug-likeness (QED) is 0.536. The van der Waals surface area contributed by atoms with Gasteiger partial charge in [-0.2, -0.15) is 5.06 Å². The minimum Gasteiger partial charge on any atom is -0.314 e. The maximum Gasteiger partial charge on any atom is 0.0301 e. The first-order valence-electron chi connectivity index (χ1n) is 3.39. The van der Waals surface area contributed by atoms with E-state index < -0.39 is 0 Å². The smallest absolute Gasteiger partial charge is 0.0301 e. The number of hydroxylamine groups is 2. The Kier molecular flexibility index (Phi) is 2.25. The first-order chi connectivity index (χ1) is 4.33. The van der Waals surface area contributed by atoms with E-state index in [0.29, 0.717) is 5.92 Å². The molecule has 1 unspecified atom stereocenters. The van der Waals surface area contributed by atoms with E-state index in [9.17, 15) is 0 Å². The molecule has 0 aliphatic carbocycles. The lowest BCUT2D eigenvalue weighted by Gasteiger charge is -2.02. The Morgan fingerprint density at radius 2 is 2.44 bits per heavy atom. The Morgan fingerprint density at radius 1 is 1.67 bits per heavy atom. The summed E-state index contributed by atoms with van der Waals surface area (Å²) in [5.74, 6) is 0.583. The van der Waals surface area contributed by atoms with E-state index in [-0.39, 0.29) is 0 Å². The number of hydrogen-bond donors (Lipinski definition) is 1. The van der Waals surface area contributed by atoms with Crippen molar-refractivity contribution in [2.24, 2.45) is 5.92 Å². The molecule has 0 radical (unpaired) electrons. The Morgan fingerprint density at radius 3 is 2.89 bits per heavy atom. The van der Waals surface area contributed by atoms with Crippen LogP contribution >= 0.6 is 0 Å². The summed E-state index contributed by atoms with van der Waals surface area (Å²) in [6.07, 6.45) is 5.29. The predicted molar refractivity (Wildman–Crippen MR) is 36.3 cm³/mol. The van der Waals surface area contributed by atoms with Crippen molar-refractivity contribution in [3.63, 3.8) is 0 Å². The largest absolute Gasteiger partial charge is 0.314 e. The molecule has 1 saturated heterocycles. The zero-order valence-electron chi connectivity index (χ0n) is 5.75. The molecule has 0 aromatic heterocycles. The predicted octanol–water partition coefficient (Wildman–Crippen LogP) is 1.27. The maximum atomic E-state index is 8.93. The van der Waals surface area contributed by atoms with Gasteiger partial charge in [-0.05, 0) is 19.3 Å². The fourth-order valence-electron chi connectivity index (χ4n) is 1.20. The Bertz CT molecular complexity index is 111. The summed E-state index contributed by atoms with van der Waals surface area (Å²) in [6.45, 7) is 3.65. The molecule has 2 nitrogen and oxygen atoms in total. The Balaban J connectivity index is 2.30. The van der Waals surface area contributed by atoms with Crippen LogP contribution in [0.4, 0.5) is 0 Å². The van der Waals surface area contributed by atoms with Crippen LogP contribution in [0.5, 0.6) is 0 Å². The van der Waals surface area contributed by atoms with Gasteiger partial charge in [-0.25, -0.2) is 0 Å². The molecule has 1 aliphatic heterocycles. The van der Waals surface area contributed by atoms with Crippen LogP contribution in [0.15, 0.2) is 12.2 Å². The Hall–Kier alpha value is -0.340. The lowest BCUT2D eigenvalue weighted by atomic mass is 10.1. The van der Waals surface area contributed by atoms with Crippen LogP contribution in [0.25, 0.3) is 0 Å². The normalized spacial score (nSPS) is 30.2. The van der Waals surface area contributed by atoms with Gasteiger partial charge in [-0.15, -0.1) is 0 Å². The molecule has 1 atom stereocenters. The van der Waals surface area contributed by atoms with Gasteiger partial charge < -0.3 is 5.21 Å². The van der Waals surface area contributed by atoms with Crippen molar-refractivity contribution in [3.8, 4) is 0 Å². The minimum atomic E-state index is 0.583. The first-order valence-corrected chi connectivity index (χ1v) is 3.39. The van der Waals surface area contributed by atoms with E-state index in [1.54, 1.807) is 0 Å². The SMILES string of the molecule is CC=CC1CCN(O)C1. The molecule has 0 amide bonds. The third-order valence-corrected chi connectivity index (χ3v) is 1.67. The molecular formula is C7H13NO. The summed E-state index contributed by atoms with van der Waals surface area (Å²) in [6, 6.07) is 0. The molecule has 0 bridgehead atoms. The van der Waals surface area contributed by atoms with Crippen LogP contribution in [0.2, 0.25) is 0 Å². The lowest BCUT2D eigenvalue weighted by molar-refractivity contribution is -0.0699. The summed E-state index contributed by atoms with van der Waals surface area (Å²) in [7, 11) is 0. The number of rotatable bonds is 1. The van der Waals surface area contributed by atoms with Crippen LogP contribution in [-0.4, -0.2) is 23.4 Å². The molecule has 1 aliphatic rings. The molecule has 1 rings (SSSR count). The third-order valence-electron chi connectivity index (χ3n) is 1.67. The second-order valence-corrected chi connectivity index (χ2v) is 2.49. The van der Waals surface area contributed by atoms with E-state index in [4.69, 9.17) is 5.21 Å². The van der Waals surface area contributed by atoms with Gasteiger partial charge in [0.15, 0.2) is 0 Å². The summed E-state index contributed by atoms with van der Waals surface area (Å²) in [4.78, 5) is 0. The lowest BCUT2D eigenvalue weighted by Crippen LogP contribution is -2.14. The fraction of sp³-hybridized carbons (Fsp3) is 0.714. The van der Waals surface area contributed by atoms with Gasteiger partial charge >= 0.3 is 0 Å². The van der Waals surface area contributed by atoms with Gasteiger partial charge in [0.1, 0.15) is 0 Å². The molecule has 0 saturated carbocycles. The zero-order valence-corrected chi connectivity index (χ0v) is 5.75. The fourth-order valence-corrected chi connectivity index (χ4v) is 1.20. The van der Waals surface area contributed by atoms with Crippen LogP contribution in [0.3, 0.4) is 0 Å². The van der Waals surface area contributed by atoms with Crippen molar-refractivity contribution < 1.29 is 5.21 Å². The average molecular weight is 127 g/mol. The van der Waals surface area contributed by atoms with E-state index in [0.717, 1.165) is 19.5 Å². The van der Waals surface area contributed by atoms with Crippen molar-refractivity contribution in [2.45, 2.75) is 13.3 Å². The minimum absolute atomic E-state index is 0.583. The molecule has 1 heterocycles. The highest BCUT2D eigenvalue weighted by Crippen LogP contribution is 2.14.